The van der Waals surface area contributed by atoms with Crippen LogP contribution in [0, 0.1) is 0 Å². The number of carbonyl (C=O) groups excluding carboxylic acids is 1. The number of rotatable bonds is 3. The van der Waals surface area contributed by atoms with Crippen molar-refractivity contribution in [1.82, 2.24) is 20.0 Å². The minimum atomic E-state index is -0.688. The minimum absolute atomic E-state index is 0.0218. The molecular weight excluding hydrogens is 280 g/mol. The van der Waals surface area contributed by atoms with Crippen molar-refractivity contribution in [1.29, 1.82) is 0 Å². The molecule has 122 valence electrons. The standard InChI is InChI=1S/C16H26N4O2/c1-19(2)11-16(22)7-4-9-20(10-8-16)15(21)14-12-5-3-6-13(12)17-18-14/h22H,3-11H2,1-2H3,(H,17,18). The lowest BCUT2D eigenvalue weighted by Gasteiger charge is -2.29. The number of hydrogen-bond donors (Lipinski definition) is 2. The maximum atomic E-state index is 12.8. The molecule has 2 N–H and O–H groups in total. The van der Waals surface area contributed by atoms with E-state index in [9.17, 15) is 9.90 Å². The number of aromatic amines is 1. The van der Waals surface area contributed by atoms with Crippen LogP contribution in [-0.2, 0) is 12.8 Å². The van der Waals surface area contributed by atoms with Gasteiger partial charge in [0, 0.05) is 30.9 Å². The van der Waals surface area contributed by atoms with Gasteiger partial charge >= 0.3 is 0 Å². The molecule has 1 fully saturated rings. The maximum absolute atomic E-state index is 12.8. The lowest BCUT2D eigenvalue weighted by molar-refractivity contribution is 0.00303. The molecule has 1 aromatic rings. The molecule has 1 saturated heterocycles. The molecule has 22 heavy (non-hydrogen) atoms. The normalized spacial score (nSPS) is 25.4. The van der Waals surface area contributed by atoms with Crippen LogP contribution in [0.1, 0.15) is 47.4 Å². The molecule has 0 bridgehead atoms. The Hall–Kier alpha value is -1.40. The number of aryl methyl sites for hydroxylation is 1. The Morgan fingerprint density at radius 3 is 2.91 bits per heavy atom. The first kappa shape index (κ1) is 15.5. The van der Waals surface area contributed by atoms with Gasteiger partial charge in [0.15, 0.2) is 5.69 Å². The van der Waals surface area contributed by atoms with E-state index >= 15 is 0 Å². The van der Waals surface area contributed by atoms with Crippen molar-refractivity contribution in [3.63, 3.8) is 0 Å². The fraction of sp³-hybridized carbons (Fsp3) is 0.750. The average molecular weight is 306 g/mol. The summed E-state index contributed by atoms with van der Waals surface area (Å²) in [4.78, 5) is 16.6. The van der Waals surface area contributed by atoms with E-state index in [-0.39, 0.29) is 5.91 Å². The molecule has 0 saturated carbocycles. The second-order valence-corrected chi connectivity index (χ2v) is 6.99. The Bertz CT molecular complexity index is 554. The summed E-state index contributed by atoms with van der Waals surface area (Å²) in [5, 5.41) is 18.0. The van der Waals surface area contributed by atoms with Crippen LogP contribution in [0.2, 0.25) is 0 Å². The van der Waals surface area contributed by atoms with Crippen LogP contribution in [0.5, 0.6) is 0 Å². The van der Waals surface area contributed by atoms with Gasteiger partial charge in [-0.05, 0) is 52.6 Å². The Labute approximate surface area is 131 Å². The van der Waals surface area contributed by atoms with Crippen LogP contribution >= 0.6 is 0 Å². The van der Waals surface area contributed by atoms with Crippen molar-refractivity contribution in [2.75, 3.05) is 33.7 Å². The Kier molecular flexibility index (Phi) is 4.23. The fourth-order valence-electron chi connectivity index (χ4n) is 3.77. The number of fused-ring (bicyclic) bond motifs is 1. The number of carbonyl (C=O) groups is 1. The van der Waals surface area contributed by atoms with E-state index < -0.39 is 5.60 Å². The molecule has 6 heteroatoms. The van der Waals surface area contributed by atoms with Crippen molar-refractivity contribution < 1.29 is 9.90 Å². The molecule has 3 rings (SSSR count). The number of aliphatic hydroxyl groups is 1. The largest absolute Gasteiger partial charge is 0.388 e. The Balaban J connectivity index is 1.69. The van der Waals surface area contributed by atoms with E-state index in [1.165, 1.54) is 0 Å². The van der Waals surface area contributed by atoms with Crippen LogP contribution < -0.4 is 0 Å². The number of amides is 1. The molecule has 1 unspecified atom stereocenters. The predicted octanol–water partition coefficient (Wildman–Crippen LogP) is 0.817. The van der Waals surface area contributed by atoms with E-state index in [1.807, 2.05) is 23.9 Å². The fourth-order valence-corrected chi connectivity index (χ4v) is 3.77. The summed E-state index contributed by atoms with van der Waals surface area (Å²) in [5.74, 6) is 0.0218. The maximum Gasteiger partial charge on any atom is 0.274 e. The summed E-state index contributed by atoms with van der Waals surface area (Å²) >= 11 is 0. The van der Waals surface area contributed by atoms with Crippen LogP contribution in [-0.4, -0.2) is 70.3 Å². The van der Waals surface area contributed by atoms with Crippen LogP contribution in [0.15, 0.2) is 0 Å². The number of hydrogen-bond acceptors (Lipinski definition) is 4. The number of likely N-dealkylation sites (N-methyl/N-ethyl adjacent to an activating group) is 1. The number of H-pyrrole nitrogens is 1. The van der Waals surface area contributed by atoms with E-state index in [2.05, 4.69) is 10.2 Å². The van der Waals surface area contributed by atoms with E-state index in [0.717, 1.165) is 43.4 Å². The zero-order valence-electron chi connectivity index (χ0n) is 13.6. The van der Waals surface area contributed by atoms with E-state index in [0.29, 0.717) is 31.7 Å². The lowest BCUT2D eigenvalue weighted by atomic mass is 9.94. The monoisotopic (exact) mass is 306 g/mol. The van der Waals surface area contributed by atoms with Crippen molar-refractivity contribution >= 4 is 5.91 Å². The SMILES string of the molecule is CN(C)CC1(O)CCCN(C(=O)c2n[nH]c3c2CCC3)CC1. The molecule has 1 atom stereocenters. The third kappa shape index (κ3) is 3.03. The lowest BCUT2D eigenvalue weighted by Crippen LogP contribution is -2.41. The quantitative estimate of drug-likeness (QED) is 0.867. The van der Waals surface area contributed by atoms with Crippen LogP contribution in [0.25, 0.3) is 0 Å². The van der Waals surface area contributed by atoms with Gasteiger partial charge in [-0.15, -0.1) is 0 Å². The molecule has 0 aromatic carbocycles. The summed E-state index contributed by atoms with van der Waals surface area (Å²) < 4.78 is 0. The Morgan fingerprint density at radius 1 is 1.32 bits per heavy atom. The highest BCUT2D eigenvalue weighted by Gasteiger charge is 2.33. The molecule has 1 aliphatic heterocycles. The van der Waals surface area contributed by atoms with Gasteiger partial charge in [0.25, 0.3) is 5.91 Å². The highest BCUT2D eigenvalue weighted by molar-refractivity contribution is 5.94. The third-order valence-corrected chi connectivity index (χ3v) is 4.82. The van der Waals surface area contributed by atoms with Gasteiger partial charge in [-0.25, -0.2) is 0 Å². The first-order valence-corrected chi connectivity index (χ1v) is 8.21. The van der Waals surface area contributed by atoms with Crippen molar-refractivity contribution in [3.8, 4) is 0 Å². The first-order valence-electron chi connectivity index (χ1n) is 8.21. The van der Waals surface area contributed by atoms with E-state index in [4.69, 9.17) is 0 Å². The highest BCUT2D eigenvalue weighted by Crippen LogP contribution is 2.27. The zero-order valence-corrected chi connectivity index (χ0v) is 13.6. The summed E-state index contributed by atoms with van der Waals surface area (Å²) in [7, 11) is 3.94. The molecule has 1 aromatic heterocycles. The first-order chi connectivity index (χ1) is 10.5. The van der Waals surface area contributed by atoms with Gasteiger partial charge in [0.1, 0.15) is 0 Å². The van der Waals surface area contributed by atoms with Crippen molar-refractivity contribution in [2.45, 2.75) is 44.1 Å². The van der Waals surface area contributed by atoms with Gasteiger partial charge in [-0.3, -0.25) is 9.89 Å². The van der Waals surface area contributed by atoms with Gasteiger partial charge in [-0.1, -0.05) is 0 Å². The number of likely N-dealkylation sites (tertiary alicyclic amines) is 1. The van der Waals surface area contributed by atoms with Gasteiger partial charge < -0.3 is 14.9 Å². The molecular formula is C16H26N4O2. The number of aromatic nitrogens is 2. The van der Waals surface area contributed by atoms with Gasteiger partial charge in [0.2, 0.25) is 0 Å². The molecule has 1 aliphatic carbocycles. The minimum Gasteiger partial charge on any atom is -0.388 e. The van der Waals surface area contributed by atoms with E-state index in [1.54, 1.807) is 0 Å². The van der Waals surface area contributed by atoms with Gasteiger partial charge in [0.05, 0.1) is 5.60 Å². The molecule has 0 spiro atoms. The molecule has 2 aliphatic rings. The Morgan fingerprint density at radius 2 is 2.14 bits per heavy atom. The average Bonchev–Trinajstić information content (AvgIpc) is 2.99. The number of nitrogens with zero attached hydrogens (tertiary/aromatic N) is 3. The second-order valence-electron chi connectivity index (χ2n) is 6.99. The van der Waals surface area contributed by atoms with Crippen molar-refractivity contribution in [2.24, 2.45) is 0 Å². The zero-order chi connectivity index (χ0) is 15.7. The third-order valence-electron chi connectivity index (χ3n) is 4.82. The number of nitrogens with one attached hydrogen (secondary N) is 1. The molecule has 6 nitrogen and oxygen atoms in total. The predicted molar refractivity (Wildman–Crippen MR) is 83.9 cm³/mol. The smallest absolute Gasteiger partial charge is 0.274 e. The van der Waals surface area contributed by atoms with Crippen LogP contribution in [0.3, 0.4) is 0 Å². The molecule has 2 heterocycles. The van der Waals surface area contributed by atoms with Crippen molar-refractivity contribution in [3.05, 3.63) is 17.0 Å². The highest BCUT2D eigenvalue weighted by atomic mass is 16.3. The summed E-state index contributed by atoms with van der Waals surface area (Å²) in [6.07, 6.45) is 5.26. The summed E-state index contributed by atoms with van der Waals surface area (Å²) in [5.41, 5.74) is 2.15. The van der Waals surface area contributed by atoms with Gasteiger partial charge in [-0.2, -0.15) is 5.10 Å². The topological polar surface area (TPSA) is 72.5 Å². The molecule has 0 radical (unpaired) electrons. The summed E-state index contributed by atoms with van der Waals surface area (Å²) in [6, 6.07) is 0. The summed E-state index contributed by atoms with van der Waals surface area (Å²) in [6.45, 7) is 1.95. The van der Waals surface area contributed by atoms with Crippen LogP contribution in [0.4, 0.5) is 0 Å². The molecule has 1 amide bonds. The second kappa shape index (κ2) is 6.01.